The maximum atomic E-state index is 12.0. The highest BCUT2D eigenvalue weighted by Crippen LogP contribution is 2.37. The summed E-state index contributed by atoms with van der Waals surface area (Å²) < 4.78 is 1.67. The minimum atomic E-state index is -0.109. The summed E-state index contributed by atoms with van der Waals surface area (Å²) in [6.07, 6.45) is 0. The molecule has 4 heteroatoms. The molecule has 2 aromatic carbocycles. The lowest BCUT2D eigenvalue weighted by Gasteiger charge is -2.27. The van der Waals surface area contributed by atoms with Crippen LogP contribution in [0.4, 0.5) is 16.2 Å². The van der Waals surface area contributed by atoms with Crippen molar-refractivity contribution in [1.29, 1.82) is 0 Å². The Labute approximate surface area is 110 Å². The van der Waals surface area contributed by atoms with Crippen LogP contribution in [0.3, 0.4) is 0 Å². The highest BCUT2D eigenvalue weighted by molar-refractivity contribution is 8.01. The van der Waals surface area contributed by atoms with Gasteiger partial charge < -0.3 is 5.32 Å². The molecule has 0 bridgehead atoms. The van der Waals surface area contributed by atoms with Crippen molar-refractivity contribution in [2.24, 2.45) is 0 Å². The minimum absolute atomic E-state index is 0.109. The van der Waals surface area contributed by atoms with Gasteiger partial charge in [0.25, 0.3) is 0 Å². The quantitative estimate of drug-likeness (QED) is 0.780. The number of hydrogen-bond donors (Lipinski definition) is 1. The Morgan fingerprint density at radius 3 is 2.56 bits per heavy atom. The van der Waals surface area contributed by atoms with Crippen LogP contribution < -0.4 is 9.62 Å². The molecule has 0 aliphatic carbocycles. The van der Waals surface area contributed by atoms with Crippen LogP contribution in [0.25, 0.3) is 0 Å². The number of urea groups is 1. The van der Waals surface area contributed by atoms with Gasteiger partial charge in [-0.2, -0.15) is 0 Å². The first-order chi connectivity index (χ1) is 8.74. The lowest BCUT2D eigenvalue weighted by molar-refractivity contribution is 0.260. The van der Waals surface area contributed by atoms with Gasteiger partial charge in [-0.25, -0.2) is 9.10 Å². The second-order valence-electron chi connectivity index (χ2n) is 4.15. The summed E-state index contributed by atoms with van der Waals surface area (Å²) in [4.78, 5) is 13.1. The predicted molar refractivity (Wildman–Crippen MR) is 75.0 cm³/mol. The fraction of sp³-hybridized carbons (Fsp3) is 0.0714. The van der Waals surface area contributed by atoms with Gasteiger partial charge in [-0.15, -0.1) is 0 Å². The average Bonchev–Trinajstić information content (AvgIpc) is 2.39. The van der Waals surface area contributed by atoms with Crippen LogP contribution in [0.2, 0.25) is 0 Å². The number of benzene rings is 2. The average molecular weight is 256 g/mol. The molecule has 0 unspecified atom stereocenters. The molecule has 0 atom stereocenters. The van der Waals surface area contributed by atoms with Crippen molar-refractivity contribution in [3.8, 4) is 0 Å². The number of aryl methyl sites for hydroxylation is 1. The topological polar surface area (TPSA) is 32.3 Å². The Morgan fingerprint density at radius 2 is 1.78 bits per heavy atom. The molecule has 2 aromatic rings. The first kappa shape index (κ1) is 11.2. The zero-order valence-corrected chi connectivity index (χ0v) is 10.7. The van der Waals surface area contributed by atoms with Crippen LogP contribution in [-0.4, -0.2) is 6.03 Å². The third kappa shape index (κ3) is 1.95. The van der Waals surface area contributed by atoms with Crippen molar-refractivity contribution in [3.63, 3.8) is 0 Å². The zero-order valence-electron chi connectivity index (χ0n) is 9.88. The van der Waals surface area contributed by atoms with Crippen molar-refractivity contribution >= 4 is 29.4 Å². The van der Waals surface area contributed by atoms with E-state index < -0.39 is 0 Å². The molecule has 0 radical (unpaired) electrons. The molecule has 1 heterocycles. The minimum Gasteiger partial charge on any atom is -0.306 e. The highest BCUT2D eigenvalue weighted by atomic mass is 32.2. The Morgan fingerprint density at radius 1 is 1.06 bits per heavy atom. The van der Waals surface area contributed by atoms with Crippen molar-refractivity contribution in [1.82, 2.24) is 0 Å². The Bertz CT molecular complexity index is 595. The summed E-state index contributed by atoms with van der Waals surface area (Å²) in [6, 6.07) is 15.6. The number of carbonyl (C=O) groups is 1. The van der Waals surface area contributed by atoms with Crippen molar-refractivity contribution in [2.75, 3.05) is 9.62 Å². The van der Waals surface area contributed by atoms with Crippen molar-refractivity contribution in [2.45, 2.75) is 11.8 Å². The molecular weight excluding hydrogens is 244 g/mol. The summed E-state index contributed by atoms with van der Waals surface area (Å²) >= 11 is 1.45. The third-order valence-corrected chi connectivity index (χ3v) is 3.88. The molecule has 0 fully saturated rings. The molecule has 0 spiro atoms. The van der Waals surface area contributed by atoms with Crippen molar-refractivity contribution in [3.05, 3.63) is 54.1 Å². The highest BCUT2D eigenvalue weighted by Gasteiger charge is 2.24. The number of nitrogens with zero attached hydrogens (tertiary/aromatic N) is 1. The summed E-state index contributed by atoms with van der Waals surface area (Å²) in [5.74, 6) is 0. The predicted octanol–water partition coefficient (Wildman–Crippen LogP) is 4.05. The van der Waals surface area contributed by atoms with Gasteiger partial charge >= 0.3 is 6.03 Å². The third-order valence-electron chi connectivity index (χ3n) is 2.77. The Balaban J connectivity index is 1.95. The number of nitrogens with one attached hydrogen (secondary N) is 1. The van der Waals surface area contributed by atoms with E-state index >= 15 is 0 Å². The molecule has 90 valence electrons. The molecule has 18 heavy (non-hydrogen) atoms. The number of anilines is 2. The van der Waals surface area contributed by atoms with E-state index in [-0.39, 0.29) is 6.03 Å². The van der Waals surface area contributed by atoms with Gasteiger partial charge in [0.15, 0.2) is 0 Å². The molecule has 0 aromatic heterocycles. The number of fused-ring (bicyclic) bond motifs is 1. The Kier molecular flexibility index (Phi) is 2.72. The fourth-order valence-corrected chi connectivity index (χ4v) is 2.71. The van der Waals surface area contributed by atoms with Crippen LogP contribution in [-0.2, 0) is 0 Å². The second kappa shape index (κ2) is 4.38. The van der Waals surface area contributed by atoms with E-state index in [9.17, 15) is 4.79 Å². The van der Waals surface area contributed by atoms with Gasteiger partial charge in [0.05, 0.1) is 16.3 Å². The van der Waals surface area contributed by atoms with E-state index in [0.29, 0.717) is 0 Å². The van der Waals surface area contributed by atoms with Crippen LogP contribution >= 0.6 is 11.9 Å². The fourth-order valence-electron chi connectivity index (χ4n) is 1.81. The van der Waals surface area contributed by atoms with E-state index in [2.05, 4.69) is 5.32 Å². The van der Waals surface area contributed by atoms with Crippen molar-refractivity contribution < 1.29 is 4.79 Å². The number of hydrogen-bond acceptors (Lipinski definition) is 2. The molecule has 1 N–H and O–H groups in total. The second-order valence-corrected chi connectivity index (χ2v) is 5.14. The SMILES string of the molecule is Cc1ccc(N2Sc3ccccc3NC2=O)cc1. The standard InChI is InChI=1S/C14H12N2OS/c1-10-6-8-11(9-7-10)16-14(17)15-12-4-2-3-5-13(12)18-16/h2-9H,1H3,(H,15,17). The van der Waals surface area contributed by atoms with Gasteiger partial charge in [-0.05, 0) is 43.1 Å². The van der Waals surface area contributed by atoms with Crippen LogP contribution in [0.15, 0.2) is 53.4 Å². The number of rotatable bonds is 1. The van der Waals surface area contributed by atoms with Crippen LogP contribution in [0.5, 0.6) is 0 Å². The molecule has 1 aliphatic heterocycles. The molecule has 2 amide bonds. The van der Waals surface area contributed by atoms with Gasteiger partial charge in [-0.3, -0.25) is 0 Å². The zero-order chi connectivity index (χ0) is 12.5. The number of carbonyl (C=O) groups excluding carboxylic acids is 1. The molecule has 0 saturated heterocycles. The van der Waals surface area contributed by atoms with E-state index in [1.165, 1.54) is 17.5 Å². The Hall–Kier alpha value is -1.94. The van der Waals surface area contributed by atoms with Gasteiger partial charge in [0.1, 0.15) is 0 Å². The molecule has 3 rings (SSSR count). The van der Waals surface area contributed by atoms with E-state index in [4.69, 9.17) is 0 Å². The molecule has 1 aliphatic rings. The van der Waals surface area contributed by atoms with Gasteiger partial charge in [-0.1, -0.05) is 29.8 Å². The monoisotopic (exact) mass is 256 g/mol. The summed E-state index contributed by atoms with van der Waals surface area (Å²) in [5, 5.41) is 2.89. The number of para-hydroxylation sites is 1. The summed E-state index contributed by atoms with van der Waals surface area (Å²) in [6.45, 7) is 2.03. The lowest BCUT2D eigenvalue weighted by Crippen LogP contribution is -2.32. The summed E-state index contributed by atoms with van der Waals surface area (Å²) in [5.41, 5.74) is 2.94. The van der Waals surface area contributed by atoms with E-state index in [1.54, 1.807) is 4.31 Å². The van der Waals surface area contributed by atoms with E-state index in [1.807, 2.05) is 55.5 Å². The first-order valence-electron chi connectivity index (χ1n) is 5.69. The molecule has 0 saturated carbocycles. The van der Waals surface area contributed by atoms with E-state index in [0.717, 1.165) is 16.3 Å². The largest absolute Gasteiger partial charge is 0.336 e. The maximum Gasteiger partial charge on any atom is 0.336 e. The normalized spacial score (nSPS) is 14.1. The maximum absolute atomic E-state index is 12.0. The smallest absolute Gasteiger partial charge is 0.306 e. The van der Waals surface area contributed by atoms with Crippen LogP contribution in [0, 0.1) is 6.92 Å². The summed E-state index contributed by atoms with van der Waals surface area (Å²) in [7, 11) is 0. The molecular formula is C14H12N2OS. The lowest BCUT2D eigenvalue weighted by atomic mass is 10.2. The number of amides is 2. The first-order valence-corrected chi connectivity index (χ1v) is 6.46. The molecule has 3 nitrogen and oxygen atoms in total. The van der Waals surface area contributed by atoms with Gasteiger partial charge in [0, 0.05) is 0 Å². The van der Waals surface area contributed by atoms with Crippen LogP contribution in [0.1, 0.15) is 5.56 Å². The van der Waals surface area contributed by atoms with Gasteiger partial charge in [0.2, 0.25) is 0 Å².